The van der Waals surface area contributed by atoms with Gasteiger partial charge in [0, 0.05) is 18.8 Å². The highest BCUT2D eigenvalue weighted by atomic mass is 16.5. The lowest BCUT2D eigenvalue weighted by atomic mass is 9.92. The molecule has 190 valence electrons. The molecule has 0 aliphatic carbocycles. The number of benzene rings is 3. The summed E-state index contributed by atoms with van der Waals surface area (Å²) in [7, 11) is 0. The van der Waals surface area contributed by atoms with Crippen molar-refractivity contribution in [1.82, 2.24) is 9.58 Å². The van der Waals surface area contributed by atoms with Crippen LogP contribution in [0, 0.1) is 0 Å². The zero-order valence-electron chi connectivity index (χ0n) is 21.1. The molecule has 0 spiro atoms. The normalized spacial score (nSPS) is 16.8. The van der Waals surface area contributed by atoms with Gasteiger partial charge in [0.1, 0.15) is 13.3 Å². The molecule has 2 bridgehead atoms. The molecule has 38 heavy (non-hydrogen) atoms. The first-order valence-electron chi connectivity index (χ1n) is 13.0. The van der Waals surface area contributed by atoms with Crippen molar-refractivity contribution in [1.29, 1.82) is 0 Å². The summed E-state index contributed by atoms with van der Waals surface area (Å²) in [4.78, 5) is 28.8. The number of hydrogen-bond donors (Lipinski definition) is 0. The van der Waals surface area contributed by atoms with E-state index in [2.05, 4.69) is 53.6 Å². The average Bonchev–Trinajstić information content (AvgIpc) is 2.99. The van der Waals surface area contributed by atoms with Gasteiger partial charge in [0.05, 0.1) is 6.04 Å². The van der Waals surface area contributed by atoms with Gasteiger partial charge in [-0.25, -0.2) is 0 Å². The fraction of sp³-hybridized carbons (Fsp3) is 0.188. The molecule has 1 atom stereocenters. The molecule has 1 unspecified atom stereocenters. The van der Waals surface area contributed by atoms with Crippen LogP contribution in [0.15, 0.2) is 114 Å². The van der Waals surface area contributed by atoms with Gasteiger partial charge in [-0.3, -0.25) is 19.3 Å². The Kier molecular flexibility index (Phi) is 6.53. The molecule has 6 rings (SSSR count). The second kappa shape index (κ2) is 10.4. The number of amides is 1. The van der Waals surface area contributed by atoms with E-state index in [1.807, 2.05) is 58.1 Å². The second-order valence-electron chi connectivity index (χ2n) is 9.60. The van der Waals surface area contributed by atoms with Crippen LogP contribution in [-0.2, 0) is 13.0 Å². The van der Waals surface area contributed by atoms with Crippen LogP contribution in [0.5, 0.6) is 5.75 Å². The van der Waals surface area contributed by atoms with Crippen LogP contribution < -0.4 is 15.2 Å². The number of rotatable bonds is 4. The number of nitrogens with zero attached hydrogens (tertiary/aromatic N) is 3. The summed E-state index contributed by atoms with van der Waals surface area (Å²) in [5, 5.41) is 2.17. The molecule has 2 aliphatic heterocycles. The molecule has 6 heteroatoms. The number of hydrogen-bond acceptors (Lipinski definition) is 4. The summed E-state index contributed by atoms with van der Waals surface area (Å²) in [5.74, 6) is -0.115. The van der Waals surface area contributed by atoms with Crippen molar-refractivity contribution in [2.75, 3.05) is 18.2 Å². The van der Waals surface area contributed by atoms with Crippen LogP contribution in [0.1, 0.15) is 45.2 Å². The van der Waals surface area contributed by atoms with Crippen LogP contribution in [-0.4, -0.2) is 28.7 Å². The molecule has 1 amide bonds. The summed E-state index contributed by atoms with van der Waals surface area (Å²) in [5.41, 5.74) is 4.39. The van der Waals surface area contributed by atoms with Gasteiger partial charge in [-0.2, -0.15) is 0 Å². The van der Waals surface area contributed by atoms with Crippen molar-refractivity contribution in [2.45, 2.75) is 25.5 Å². The van der Waals surface area contributed by atoms with E-state index in [4.69, 9.17) is 4.74 Å². The average molecular weight is 504 g/mol. The SMILES string of the molecule is O=C1c2c(OCc3ccccc3)c(=O)ccn2N2CN1CCC=CCc1ccccc1C2c1ccccc1. The van der Waals surface area contributed by atoms with Gasteiger partial charge >= 0.3 is 0 Å². The number of allylic oxidation sites excluding steroid dienone is 1. The monoisotopic (exact) mass is 503 g/mol. The van der Waals surface area contributed by atoms with Crippen LogP contribution in [0.2, 0.25) is 0 Å². The van der Waals surface area contributed by atoms with E-state index in [-0.39, 0.29) is 35.4 Å². The molecule has 1 aromatic heterocycles. The molecule has 3 heterocycles. The number of fused-ring (bicyclic) bond motifs is 5. The number of pyridine rings is 1. The summed E-state index contributed by atoms with van der Waals surface area (Å²) in [6, 6.07) is 29.8. The largest absolute Gasteiger partial charge is 0.482 e. The molecule has 0 saturated carbocycles. The van der Waals surface area contributed by atoms with Crippen molar-refractivity contribution in [3.8, 4) is 5.75 Å². The standard InChI is InChI=1S/C32H29N3O3/c36-28-19-21-34-30(31(28)38-22-24-12-4-1-5-13-24)32(37)33-20-11-3-8-14-25-15-9-10-18-27(25)29(35(34)23-33)26-16-6-2-7-17-26/h1-10,12-13,15-19,21,29H,11,14,20,22-23H2. The van der Waals surface area contributed by atoms with Gasteiger partial charge < -0.3 is 9.64 Å². The lowest BCUT2D eigenvalue weighted by Crippen LogP contribution is -2.55. The predicted octanol–water partition coefficient (Wildman–Crippen LogP) is 5.07. The number of ether oxygens (including phenoxy) is 1. The van der Waals surface area contributed by atoms with Crippen molar-refractivity contribution in [2.24, 2.45) is 0 Å². The van der Waals surface area contributed by atoms with E-state index in [1.54, 1.807) is 6.20 Å². The quantitative estimate of drug-likeness (QED) is 0.365. The first kappa shape index (κ1) is 23.8. The Balaban J connectivity index is 1.54. The van der Waals surface area contributed by atoms with Crippen LogP contribution >= 0.6 is 0 Å². The zero-order chi connectivity index (χ0) is 25.9. The highest BCUT2D eigenvalue weighted by molar-refractivity contribution is 5.96. The van der Waals surface area contributed by atoms with Crippen molar-refractivity contribution in [3.05, 3.63) is 148 Å². The number of carbonyl (C=O) groups is 1. The third-order valence-electron chi connectivity index (χ3n) is 7.18. The molecular formula is C32H29N3O3. The molecule has 0 radical (unpaired) electrons. The number of aromatic nitrogens is 1. The fourth-order valence-electron chi connectivity index (χ4n) is 5.32. The van der Waals surface area contributed by atoms with Crippen molar-refractivity contribution >= 4 is 5.91 Å². The minimum Gasteiger partial charge on any atom is -0.482 e. The highest BCUT2D eigenvalue weighted by Gasteiger charge is 2.37. The Morgan fingerprint density at radius 2 is 1.55 bits per heavy atom. The Morgan fingerprint density at radius 1 is 0.816 bits per heavy atom. The maximum absolute atomic E-state index is 13.9. The molecule has 0 N–H and O–H groups in total. The van der Waals surface area contributed by atoms with E-state index in [1.165, 1.54) is 11.6 Å². The molecule has 0 saturated heterocycles. The zero-order valence-corrected chi connectivity index (χ0v) is 21.1. The maximum Gasteiger partial charge on any atom is 0.277 e. The summed E-state index contributed by atoms with van der Waals surface area (Å²) in [6.07, 6.45) is 7.57. The van der Waals surface area contributed by atoms with Crippen LogP contribution in [0.3, 0.4) is 0 Å². The van der Waals surface area contributed by atoms with E-state index in [9.17, 15) is 9.59 Å². The lowest BCUT2D eigenvalue weighted by Gasteiger charge is -2.44. The maximum atomic E-state index is 13.9. The van der Waals surface area contributed by atoms with Gasteiger partial charge in [0.2, 0.25) is 5.43 Å². The topological polar surface area (TPSA) is 54.8 Å². The fourth-order valence-corrected chi connectivity index (χ4v) is 5.32. The van der Waals surface area contributed by atoms with Gasteiger partial charge in [-0.15, -0.1) is 0 Å². The molecule has 4 aromatic rings. The second-order valence-corrected chi connectivity index (χ2v) is 9.60. The Bertz CT molecular complexity index is 1530. The third-order valence-corrected chi connectivity index (χ3v) is 7.18. The van der Waals surface area contributed by atoms with E-state index in [0.717, 1.165) is 29.5 Å². The highest BCUT2D eigenvalue weighted by Crippen LogP contribution is 2.34. The third kappa shape index (κ3) is 4.50. The van der Waals surface area contributed by atoms with Gasteiger partial charge in [0.25, 0.3) is 5.91 Å². The molecule has 0 fully saturated rings. The van der Waals surface area contributed by atoms with Gasteiger partial charge in [-0.05, 0) is 35.1 Å². The lowest BCUT2D eigenvalue weighted by molar-refractivity contribution is 0.0680. The Labute approximate surface area is 222 Å². The van der Waals surface area contributed by atoms with Crippen LogP contribution in [0.25, 0.3) is 0 Å². The van der Waals surface area contributed by atoms with Crippen molar-refractivity contribution < 1.29 is 9.53 Å². The first-order chi connectivity index (χ1) is 18.7. The Morgan fingerprint density at radius 3 is 2.37 bits per heavy atom. The summed E-state index contributed by atoms with van der Waals surface area (Å²) >= 11 is 0. The van der Waals surface area contributed by atoms with Crippen LogP contribution in [0.4, 0.5) is 0 Å². The molecule has 2 aliphatic rings. The van der Waals surface area contributed by atoms with E-state index < -0.39 is 0 Å². The molecule has 3 aromatic carbocycles. The summed E-state index contributed by atoms with van der Waals surface area (Å²) < 4.78 is 7.93. The minimum absolute atomic E-state index is 0.0848. The Hall–Kier alpha value is -4.58. The predicted molar refractivity (Wildman–Crippen MR) is 148 cm³/mol. The number of carbonyl (C=O) groups excluding carboxylic acids is 1. The minimum atomic E-state index is -0.303. The van der Waals surface area contributed by atoms with Crippen molar-refractivity contribution in [3.63, 3.8) is 0 Å². The summed E-state index contributed by atoms with van der Waals surface area (Å²) in [6.45, 7) is 1.13. The van der Waals surface area contributed by atoms with Gasteiger partial charge in [0.15, 0.2) is 11.4 Å². The molecule has 6 nitrogen and oxygen atoms in total. The molecular weight excluding hydrogens is 474 g/mol. The van der Waals surface area contributed by atoms with Gasteiger partial charge in [-0.1, -0.05) is 97.1 Å². The first-order valence-corrected chi connectivity index (χ1v) is 13.0. The van der Waals surface area contributed by atoms with E-state index >= 15 is 0 Å². The van der Waals surface area contributed by atoms with E-state index in [0.29, 0.717) is 13.2 Å². The smallest absolute Gasteiger partial charge is 0.277 e.